The van der Waals surface area contributed by atoms with Crippen LogP contribution in [0.3, 0.4) is 0 Å². The summed E-state index contributed by atoms with van der Waals surface area (Å²) in [6.07, 6.45) is 79.7. The number of esters is 3. The van der Waals surface area contributed by atoms with Crippen molar-refractivity contribution >= 4 is 17.9 Å². The third-order valence-corrected chi connectivity index (χ3v) is 12.8. The number of unbranched alkanes of at least 4 members (excludes halogenated alkanes) is 27. The first kappa shape index (κ1) is 68.3. The van der Waals surface area contributed by atoms with Crippen LogP contribution in [0.5, 0.6) is 0 Å². The summed E-state index contributed by atoms with van der Waals surface area (Å²) in [6.45, 7) is 6.41. The van der Waals surface area contributed by atoms with Crippen molar-refractivity contribution in [3.63, 3.8) is 0 Å². The second kappa shape index (κ2) is 59.9. The number of rotatable bonds is 54. The van der Waals surface area contributed by atoms with Gasteiger partial charge in [0.1, 0.15) is 13.2 Å². The number of carbonyl (C=O) groups is 3. The molecule has 0 radical (unpaired) electrons. The van der Waals surface area contributed by atoms with Gasteiger partial charge in [0.05, 0.1) is 0 Å². The van der Waals surface area contributed by atoms with Gasteiger partial charge in [0.15, 0.2) is 6.10 Å². The van der Waals surface area contributed by atoms with Crippen molar-refractivity contribution in [1.82, 2.24) is 0 Å². The number of ether oxygens (including phenoxy) is 3. The lowest BCUT2D eigenvalue weighted by Gasteiger charge is -2.18. The minimum absolute atomic E-state index is 0.0876. The van der Waals surface area contributed by atoms with Crippen LogP contribution in [0, 0.1) is 0 Å². The second-order valence-corrected chi connectivity index (χ2v) is 19.9. The molecule has 412 valence electrons. The Morgan fingerprint density at radius 1 is 0.292 bits per heavy atom. The van der Waals surface area contributed by atoms with Crippen LogP contribution in [0.25, 0.3) is 0 Å². The van der Waals surface area contributed by atoms with Gasteiger partial charge in [0.25, 0.3) is 0 Å². The maximum Gasteiger partial charge on any atom is 0.306 e. The molecule has 6 heteroatoms. The van der Waals surface area contributed by atoms with Gasteiger partial charge >= 0.3 is 17.9 Å². The van der Waals surface area contributed by atoms with Crippen molar-refractivity contribution in [3.05, 3.63) is 97.2 Å². The molecule has 72 heavy (non-hydrogen) atoms. The fourth-order valence-electron chi connectivity index (χ4n) is 8.37. The van der Waals surface area contributed by atoms with Gasteiger partial charge in [0, 0.05) is 19.3 Å². The van der Waals surface area contributed by atoms with E-state index in [1.54, 1.807) is 0 Å². The normalized spacial score (nSPS) is 12.8. The second-order valence-electron chi connectivity index (χ2n) is 19.9. The van der Waals surface area contributed by atoms with Crippen molar-refractivity contribution in [3.8, 4) is 0 Å². The van der Waals surface area contributed by atoms with E-state index in [9.17, 15) is 14.4 Å². The predicted octanol–water partition coefficient (Wildman–Crippen LogP) is 20.5. The van der Waals surface area contributed by atoms with Gasteiger partial charge in [-0.25, -0.2) is 0 Å². The van der Waals surface area contributed by atoms with Crippen molar-refractivity contribution < 1.29 is 28.6 Å². The SMILES string of the molecule is CC/C=C\C/C=C\C/C=C\C/C=C\C/C=C\CCCCCCCCCC(=O)OCC(COC(=O)CCCCCCC/C=C\C/C=C\C/C=C\CC)OC(=O)CCCCCCCCCCCCCCCCCC. The number of hydrogen-bond donors (Lipinski definition) is 0. The predicted molar refractivity (Wildman–Crippen MR) is 311 cm³/mol. The van der Waals surface area contributed by atoms with Crippen LogP contribution in [0.1, 0.15) is 284 Å². The van der Waals surface area contributed by atoms with Gasteiger partial charge in [-0.2, -0.15) is 0 Å². The molecular weight excluding hydrogens is 889 g/mol. The Labute approximate surface area is 445 Å². The summed E-state index contributed by atoms with van der Waals surface area (Å²) < 4.78 is 16.9. The fraction of sp³-hybridized carbons (Fsp3) is 0.712. The van der Waals surface area contributed by atoms with E-state index in [-0.39, 0.29) is 31.1 Å². The van der Waals surface area contributed by atoms with Gasteiger partial charge < -0.3 is 14.2 Å². The molecule has 0 amide bonds. The first-order chi connectivity index (χ1) is 35.5. The Morgan fingerprint density at radius 2 is 0.542 bits per heavy atom. The largest absolute Gasteiger partial charge is 0.462 e. The highest BCUT2D eigenvalue weighted by atomic mass is 16.6. The van der Waals surface area contributed by atoms with Gasteiger partial charge in [-0.1, -0.05) is 266 Å². The van der Waals surface area contributed by atoms with E-state index in [0.29, 0.717) is 19.3 Å². The van der Waals surface area contributed by atoms with Crippen molar-refractivity contribution in [2.75, 3.05) is 13.2 Å². The monoisotopic (exact) mass is 1000 g/mol. The lowest BCUT2D eigenvalue weighted by molar-refractivity contribution is -0.167. The first-order valence-corrected chi connectivity index (χ1v) is 30.2. The van der Waals surface area contributed by atoms with E-state index < -0.39 is 6.10 Å². The summed E-state index contributed by atoms with van der Waals surface area (Å²) in [5.41, 5.74) is 0. The summed E-state index contributed by atoms with van der Waals surface area (Å²) in [4.78, 5) is 38.2. The summed E-state index contributed by atoms with van der Waals surface area (Å²) in [7, 11) is 0. The Bertz CT molecular complexity index is 1430. The van der Waals surface area contributed by atoms with Gasteiger partial charge in [-0.3, -0.25) is 14.4 Å². The third kappa shape index (κ3) is 57.2. The van der Waals surface area contributed by atoms with Gasteiger partial charge in [0.2, 0.25) is 0 Å². The molecule has 6 nitrogen and oxygen atoms in total. The molecule has 0 rings (SSSR count). The van der Waals surface area contributed by atoms with Crippen LogP contribution in [0.15, 0.2) is 97.2 Å². The molecule has 0 aliphatic rings. The maximum atomic E-state index is 12.9. The first-order valence-electron chi connectivity index (χ1n) is 30.2. The van der Waals surface area contributed by atoms with Crippen LogP contribution >= 0.6 is 0 Å². The Balaban J connectivity index is 4.39. The highest BCUT2D eigenvalue weighted by Gasteiger charge is 2.19. The molecule has 0 saturated heterocycles. The van der Waals surface area contributed by atoms with Crippen LogP contribution < -0.4 is 0 Å². The highest BCUT2D eigenvalue weighted by Crippen LogP contribution is 2.16. The van der Waals surface area contributed by atoms with E-state index in [0.717, 1.165) is 135 Å². The Morgan fingerprint density at radius 3 is 0.847 bits per heavy atom. The number of carbonyl (C=O) groups excluding carboxylic acids is 3. The van der Waals surface area contributed by atoms with Crippen molar-refractivity contribution in [2.45, 2.75) is 290 Å². The zero-order valence-corrected chi connectivity index (χ0v) is 47.2. The van der Waals surface area contributed by atoms with E-state index in [1.165, 1.54) is 109 Å². The smallest absolute Gasteiger partial charge is 0.306 e. The lowest BCUT2D eigenvalue weighted by atomic mass is 10.0. The fourth-order valence-corrected chi connectivity index (χ4v) is 8.37. The number of hydrogen-bond acceptors (Lipinski definition) is 6. The molecule has 0 N–H and O–H groups in total. The molecule has 0 aromatic heterocycles. The molecule has 0 aliphatic heterocycles. The summed E-state index contributed by atoms with van der Waals surface area (Å²) in [6, 6.07) is 0. The van der Waals surface area contributed by atoms with E-state index >= 15 is 0 Å². The molecule has 1 unspecified atom stereocenters. The molecule has 0 aromatic rings. The zero-order chi connectivity index (χ0) is 52.2. The van der Waals surface area contributed by atoms with Gasteiger partial charge in [-0.15, -0.1) is 0 Å². The average Bonchev–Trinajstić information content (AvgIpc) is 3.38. The molecule has 0 bridgehead atoms. The quantitative estimate of drug-likeness (QED) is 0.0261. The summed E-state index contributed by atoms with van der Waals surface area (Å²) in [5, 5.41) is 0. The summed E-state index contributed by atoms with van der Waals surface area (Å²) >= 11 is 0. The van der Waals surface area contributed by atoms with E-state index in [2.05, 4.69) is 118 Å². The van der Waals surface area contributed by atoms with Crippen LogP contribution in [0.4, 0.5) is 0 Å². The number of allylic oxidation sites excluding steroid dienone is 16. The molecule has 0 aromatic carbocycles. The highest BCUT2D eigenvalue weighted by molar-refractivity contribution is 5.71. The van der Waals surface area contributed by atoms with Crippen molar-refractivity contribution in [2.24, 2.45) is 0 Å². The Hall–Kier alpha value is -3.67. The van der Waals surface area contributed by atoms with Crippen LogP contribution in [-0.2, 0) is 28.6 Å². The van der Waals surface area contributed by atoms with Gasteiger partial charge in [-0.05, 0) is 96.3 Å². The summed E-state index contributed by atoms with van der Waals surface area (Å²) in [5.74, 6) is -0.906. The average molecular weight is 1000 g/mol. The molecule has 0 spiro atoms. The zero-order valence-electron chi connectivity index (χ0n) is 47.2. The molecular formula is C66H112O6. The molecule has 0 heterocycles. The van der Waals surface area contributed by atoms with Crippen LogP contribution in [-0.4, -0.2) is 37.2 Å². The molecule has 0 saturated carbocycles. The minimum Gasteiger partial charge on any atom is -0.462 e. The maximum absolute atomic E-state index is 12.9. The Kier molecular flexibility index (Phi) is 56.8. The third-order valence-electron chi connectivity index (χ3n) is 12.8. The van der Waals surface area contributed by atoms with Crippen molar-refractivity contribution in [1.29, 1.82) is 0 Å². The standard InChI is InChI=1S/C66H112O6/c1-4-7-10-13-16-19-22-25-28-30-31-32-33-34-35-36-39-41-44-47-50-53-56-59-65(68)71-62-63(61-70-64(67)58-55-52-49-46-43-40-37-27-24-21-18-15-12-9-6-3)72-66(69)60-57-54-51-48-45-42-38-29-26-23-20-17-14-11-8-5-2/h7,9-10,12,16,18-19,21,25,27-28,31-32,34-35,37,63H,4-6,8,11,13-15,17,20,22-24,26,29-30,33,36,38-62H2,1-3H3/b10-7-,12-9-,19-16-,21-18-,28-25-,32-31-,35-34-,37-27-. The topological polar surface area (TPSA) is 78.9 Å². The van der Waals surface area contributed by atoms with Crippen LogP contribution in [0.2, 0.25) is 0 Å². The van der Waals surface area contributed by atoms with E-state index in [4.69, 9.17) is 14.2 Å². The molecule has 0 aliphatic carbocycles. The molecule has 1 atom stereocenters. The lowest BCUT2D eigenvalue weighted by Crippen LogP contribution is -2.30. The van der Waals surface area contributed by atoms with E-state index in [1.807, 2.05) is 0 Å². The minimum atomic E-state index is -0.789. The molecule has 0 fully saturated rings.